The maximum atomic E-state index is 12.6. The number of amides is 2. The average molecular weight is 423 g/mol. The van der Waals surface area contributed by atoms with E-state index in [2.05, 4.69) is 15.4 Å². The second-order valence-electron chi connectivity index (χ2n) is 7.80. The van der Waals surface area contributed by atoms with Gasteiger partial charge in [-0.05, 0) is 51.4 Å². The van der Waals surface area contributed by atoms with E-state index in [0.717, 1.165) is 38.5 Å². The molecule has 0 bridgehead atoms. The average Bonchev–Trinajstić information content (AvgIpc) is 3.34. The summed E-state index contributed by atoms with van der Waals surface area (Å²) in [5, 5.41) is 5.88. The molecule has 9 heteroatoms. The molecule has 1 saturated carbocycles. The third kappa shape index (κ3) is 6.01. The van der Waals surface area contributed by atoms with Crippen molar-refractivity contribution in [1.29, 1.82) is 0 Å². The van der Waals surface area contributed by atoms with E-state index in [1.54, 1.807) is 24.3 Å². The van der Waals surface area contributed by atoms with Crippen LogP contribution in [0.5, 0.6) is 0 Å². The highest BCUT2D eigenvalue weighted by Crippen LogP contribution is 2.21. The van der Waals surface area contributed by atoms with Crippen LogP contribution in [0.25, 0.3) is 0 Å². The molecule has 1 aliphatic heterocycles. The van der Waals surface area contributed by atoms with Gasteiger partial charge in [-0.2, -0.15) is 0 Å². The molecule has 1 heterocycles. The van der Waals surface area contributed by atoms with Gasteiger partial charge in [-0.15, -0.1) is 0 Å². The fourth-order valence-electron chi connectivity index (χ4n) is 4.13. The summed E-state index contributed by atoms with van der Waals surface area (Å²) < 4.78 is 26.0. The molecule has 0 aromatic heterocycles. The molecule has 0 spiro atoms. The normalized spacial score (nSPS) is 20.7. The monoisotopic (exact) mass is 422 g/mol. The van der Waals surface area contributed by atoms with Gasteiger partial charge in [0.2, 0.25) is 15.9 Å². The number of anilines is 1. The van der Waals surface area contributed by atoms with Crippen molar-refractivity contribution in [2.45, 2.75) is 50.6 Å². The number of benzene rings is 1. The number of sulfonamides is 1. The number of nitrogens with one attached hydrogen (secondary N) is 3. The molecule has 1 aromatic carbocycles. The number of hydrogen-bond donors (Lipinski definition) is 3. The molecule has 160 valence electrons. The minimum absolute atomic E-state index is 0.0167. The molecule has 3 N–H and O–H groups in total. The molecule has 1 atom stereocenters. The lowest BCUT2D eigenvalue weighted by Crippen LogP contribution is -2.42. The second-order valence-corrected chi connectivity index (χ2v) is 9.77. The van der Waals surface area contributed by atoms with E-state index in [9.17, 15) is 18.0 Å². The smallest absolute Gasteiger partial charge is 0.253 e. The molecule has 0 unspecified atom stereocenters. The molecule has 1 aliphatic carbocycles. The Kier molecular flexibility index (Phi) is 7.26. The lowest BCUT2D eigenvalue weighted by molar-refractivity contribution is -0.117. The Bertz CT molecular complexity index is 837. The van der Waals surface area contributed by atoms with Crippen molar-refractivity contribution in [3.63, 3.8) is 0 Å². The predicted octanol–water partition coefficient (Wildman–Crippen LogP) is 1.31. The fraction of sp³-hybridized carbons (Fsp3) is 0.600. The number of rotatable bonds is 8. The van der Waals surface area contributed by atoms with Crippen molar-refractivity contribution in [3.05, 3.63) is 29.8 Å². The van der Waals surface area contributed by atoms with Crippen LogP contribution >= 0.6 is 0 Å². The second kappa shape index (κ2) is 9.69. The summed E-state index contributed by atoms with van der Waals surface area (Å²) in [7, 11) is -1.94. The molecular formula is C20H30N4O4S. The zero-order valence-electron chi connectivity index (χ0n) is 16.8. The first-order valence-electron chi connectivity index (χ1n) is 10.2. The van der Waals surface area contributed by atoms with E-state index < -0.39 is 10.0 Å². The lowest BCUT2D eigenvalue weighted by atomic mass is 10.1. The Labute approximate surface area is 172 Å². The van der Waals surface area contributed by atoms with Gasteiger partial charge in [0.25, 0.3) is 5.91 Å². The highest BCUT2D eigenvalue weighted by Gasteiger charge is 2.30. The van der Waals surface area contributed by atoms with Crippen molar-refractivity contribution in [2.24, 2.45) is 0 Å². The third-order valence-electron chi connectivity index (χ3n) is 5.70. The molecule has 2 aliphatic rings. The summed E-state index contributed by atoms with van der Waals surface area (Å²) in [5.41, 5.74) is 0.926. The zero-order chi connectivity index (χ0) is 20.9. The van der Waals surface area contributed by atoms with Crippen LogP contribution in [0.15, 0.2) is 24.3 Å². The van der Waals surface area contributed by atoms with Gasteiger partial charge in [0.1, 0.15) is 0 Å². The van der Waals surface area contributed by atoms with Crippen LogP contribution in [-0.2, 0) is 14.8 Å². The summed E-state index contributed by atoms with van der Waals surface area (Å²) in [6.07, 6.45) is 5.84. The molecule has 0 radical (unpaired) electrons. The molecule has 29 heavy (non-hydrogen) atoms. The van der Waals surface area contributed by atoms with Gasteiger partial charge in [0.05, 0.1) is 23.5 Å². The maximum absolute atomic E-state index is 12.6. The number of para-hydroxylation sites is 1. The van der Waals surface area contributed by atoms with E-state index in [1.807, 2.05) is 4.90 Å². The maximum Gasteiger partial charge on any atom is 0.253 e. The number of carbonyl (C=O) groups is 2. The molecule has 2 amide bonds. The number of hydrogen-bond acceptors (Lipinski definition) is 5. The minimum Gasteiger partial charge on any atom is -0.349 e. The van der Waals surface area contributed by atoms with Crippen LogP contribution in [-0.4, -0.2) is 63.1 Å². The van der Waals surface area contributed by atoms with Crippen LogP contribution in [0.1, 0.15) is 48.9 Å². The molecule has 1 aromatic rings. The van der Waals surface area contributed by atoms with Gasteiger partial charge in [-0.3, -0.25) is 14.5 Å². The van der Waals surface area contributed by atoms with E-state index in [1.165, 1.54) is 7.05 Å². The Morgan fingerprint density at radius 1 is 1.10 bits per heavy atom. The summed E-state index contributed by atoms with van der Waals surface area (Å²) in [4.78, 5) is 27.2. The SMILES string of the molecule is CNS(=O)(=O)C[C@@H]1CCCN1CC(=O)Nc1ccccc1C(=O)NC1CCCC1. The van der Waals surface area contributed by atoms with Gasteiger partial charge in [0, 0.05) is 12.1 Å². The summed E-state index contributed by atoms with van der Waals surface area (Å²) in [6.45, 7) is 0.781. The van der Waals surface area contributed by atoms with Crippen LogP contribution < -0.4 is 15.4 Å². The standard InChI is InChI=1S/C20H30N4O4S/c1-21-29(27,28)14-16-9-6-12-24(16)13-19(25)23-18-11-5-4-10-17(18)20(26)22-15-7-2-3-8-15/h4-5,10-11,15-16,21H,2-3,6-9,12-14H2,1H3,(H,22,26)(H,23,25)/t16-/m0/s1. The predicted molar refractivity (Wildman–Crippen MR) is 112 cm³/mol. The molecule has 8 nitrogen and oxygen atoms in total. The van der Waals surface area contributed by atoms with Crippen LogP contribution in [0.2, 0.25) is 0 Å². The number of likely N-dealkylation sites (tertiary alicyclic amines) is 1. The Morgan fingerprint density at radius 2 is 1.83 bits per heavy atom. The zero-order valence-corrected chi connectivity index (χ0v) is 17.6. The van der Waals surface area contributed by atoms with Crippen molar-refractivity contribution in [3.8, 4) is 0 Å². The summed E-state index contributed by atoms with van der Waals surface area (Å²) in [5.74, 6) is -0.441. The van der Waals surface area contributed by atoms with E-state index in [-0.39, 0.29) is 36.2 Å². The van der Waals surface area contributed by atoms with Gasteiger partial charge in [-0.25, -0.2) is 13.1 Å². The van der Waals surface area contributed by atoms with E-state index in [0.29, 0.717) is 17.8 Å². The third-order valence-corrected chi connectivity index (χ3v) is 7.15. The van der Waals surface area contributed by atoms with E-state index in [4.69, 9.17) is 0 Å². The Hall–Kier alpha value is -1.97. The van der Waals surface area contributed by atoms with Gasteiger partial charge < -0.3 is 10.6 Å². The van der Waals surface area contributed by atoms with Gasteiger partial charge in [-0.1, -0.05) is 25.0 Å². The van der Waals surface area contributed by atoms with Crippen molar-refractivity contribution in [2.75, 3.05) is 31.2 Å². The first-order chi connectivity index (χ1) is 13.9. The number of nitrogens with zero attached hydrogens (tertiary/aromatic N) is 1. The van der Waals surface area contributed by atoms with Crippen molar-refractivity contribution >= 4 is 27.5 Å². The number of carbonyl (C=O) groups excluding carboxylic acids is 2. The Morgan fingerprint density at radius 3 is 2.55 bits per heavy atom. The molecular weight excluding hydrogens is 392 g/mol. The van der Waals surface area contributed by atoms with Crippen LogP contribution in [0.4, 0.5) is 5.69 Å². The molecule has 1 saturated heterocycles. The topological polar surface area (TPSA) is 108 Å². The highest BCUT2D eigenvalue weighted by atomic mass is 32.2. The summed E-state index contributed by atoms with van der Waals surface area (Å²) in [6, 6.07) is 7.00. The van der Waals surface area contributed by atoms with Gasteiger partial charge >= 0.3 is 0 Å². The lowest BCUT2D eigenvalue weighted by Gasteiger charge is -2.23. The summed E-state index contributed by atoms with van der Waals surface area (Å²) >= 11 is 0. The van der Waals surface area contributed by atoms with Crippen molar-refractivity contribution < 1.29 is 18.0 Å². The van der Waals surface area contributed by atoms with Gasteiger partial charge in [0.15, 0.2) is 0 Å². The largest absolute Gasteiger partial charge is 0.349 e. The van der Waals surface area contributed by atoms with Crippen molar-refractivity contribution in [1.82, 2.24) is 14.9 Å². The van der Waals surface area contributed by atoms with E-state index >= 15 is 0 Å². The highest BCUT2D eigenvalue weighted by molar-refractivity contribution is 7.89. The Balaban J connectivity index is 1.61. The fourth-order valence-corrected chi connectivity index (χ4v) is 5.18. The van der Waals surface area contributed by atoms with Crippen LogP contribution in [0, 0.1) is 0 Å². The van der Waals surface area contributed by atoms with Crippen LogP contribution in [0.3, 0.4) is 0 Å². The first-order valence-corrected chi connectivity index (χ1v) is 11.9. The minimum atomic E-state index is -3.34. The molecule has 2 fully saturated rings. The first kappa shape index (κ1) is 21.7. The quantitative estimate of drug-likeness (QED) is 0.586. The molecule has 3 rings (SSSR count).